The van der Waals surface area contributed by atoms with E-state index >= 15 is 0 Å². The van der Waals surface area contributed by atoms with Crippen LogP contribution >= 0.6 is 11.6 Å². The van der Waals surface area contributed by atoms with E-state index in [2.05, 4.69) is 15.3 Å². The third-order valence-corrected chi connectivity index (χ3v) is 5.80. The second kappa shape index (κ2) is 8.66. The lowest BCUT2D eigenvalue weighted by Gasteiger charge is -2.33. The Morgan fingerprint density at radius 2 is 1.85 bits per heavy atom. The molecule has 1 N–H and O–H groups in total. The third kappa shape index (κ3) is 5.69. The average Bonchev–Trinajstić information content (AvgIpc) is 3.46. The van der Waals surface area contributed by atoms with Gasteiger partial charge in [0.25, 0.3) is 0 Å². The fourth-order valence-electron chi connectivity index (χ4n) is 3.72. The Balaban J connectivity index is 1.46. The molecule has 1 aliphatic carbocycles. The topological polar surface area (TPSA) is 85.2 Å². The summed E-state index contributed by atoms with van der Waals surface area (Å²) in [4.78, 5) is 21.5. The van der Waals surface area contributed by atoms with Crippen LogP contribution in [0.1, 0.15) is 69.7 Å². The normalized spacial score (nSPS) is 17.8. The summed E-state index contributed by atoms with van der Waals surface area (Å²) in [5.41, 5.74) is -0.129. The highest BCUT2D eigenvalue weighted by molar-refractivity contribution is 6.30. The van der Waals surface area contributed by atoms with Gasteiger partial charge < -0.3 is 15.0 Å². The lowest BCUT2D eigenvalue weighted by atomic mass is 10.1. The molecule has 33 heavy (non-hydrogen) atoms. The van der Waals surface area contributed by atoms with Crippen LogP contribution in [0.2, 0.25) is 5.15 Å². The van der Waals surface area contributed by atoms with Crippen molar-refractivity contribution < 1.29 is 22.7 Å². The van der Waals surface area contributed by atoms with Crippen LogP contribution in [0.4, 0.5) is 29.6 Å². The van der Waals surface area contributed by atoms with Crippen LogP contribution in [0.15, 0.2) is 12.4 Å². The van der Waals surface area contributed by atoms with Crippen LogP contribution < -0.4 is 5.32 Å². The number of hydrogen-bond acceptors (Lipinski definition) is 6. The monoisotopic (exact) mass is 486 g/mol. The maximum Gasteiger partial charge on any atom is 0.420 e. The molecule has 180 valence electrons. The second-order valence-corrected chi connectivity index (χ2v) is 9.76. The number of likely N-dealkylation sites (tertiary alicyclic amines) is 1. The molecule has 0 radical (unpaired) electrons. The van der Waals surface area contributed by atoms with Gasteiger partial charge in [-0.15, -0.1) is 0 Å². The molecule has 0 bridgehead atoms. The molecule has 0 aromatic carbocycles. The molecule has 8 nitrogen and oxygen atoms in total. The maximum atomic E-state index is 12.9. The maximum absolute atomic E-state index is 12.9. The van der Waals surface area contributed by atoms with Crippen LogP contribution in [0, 0.1) is 0 Å². The average molecular weight is 487 g/mol. The highest BCUT2D eigenvalue weighted by Gasteiger charge is 2.35. The molecule has 0 atom stereocenters. The molecule has 3 heterocycles. The number of hydrogen-bond donors (Lipinski definition) is 1. The minimum absolute atomic E-state index is 0.0193. The molecule has 2 aromatic rings. The van der Waals surface area contributed by atoms with Gasteiger partial charge >= 0.3 is 12.3 Å². The first-order chi connectivity index (χ1) is 15.4. The van der Waals surface area contributed by atoms with Gasteiger partial charge in [0.15, 0.2) is 0 Å². The van der Waals surface area contributed by atoms with E-state index in [1.54, 1.807) is 4.90 Å². The number of anilines is 2. The Hall–Kier alpha value is -2.56. The van der Waals surface area contributed by atoms with Gasteiger partial charge in [0.1, 0.15) is 16.3 Å². The summed E-state index contributed by atoms with van der Waals surface area (Å²) >= 11 is 5.73. The number of carbonyl (C=O) groups is 1. The lowest BCUT2D eigenvalue weighted by Crippen LogP contribution is -2.42. The van der Waals surface area contributed by atoms with Crippen molar-refractivity contribution in [1.29, 1.82) is 0 Å². The molecule has 1 aliphatic heterocycles. The van der Waals surface area contributed by atoms with Crippen molar-refractivity contribution in [3.05, 3.63) is 28.8 Å². The van der Waals surface area contributed by atoms with Crippen LogP contribution in [0.3, 0.4) is 0 Å². The summed E-state index contributed by atoms with van der Waals surface area (Å²) in [6.07, 6.45) is 0.989. The number of aromatic nitrogens is 4. The van der Waals surface area contributed by atoms with Crippen molar-refractivity contribution in [2.24, 2.45) is 0 Å². The van der Waals surface area contributed by atoms with Gasteiger partial charge in [0.05, 0.1) is 17.4 Å². The standard InChI is InChI=1S/C21H26ClF3N6O2/c1-20(2,3)33-19(32)30-8-6-13(7-9-30)31-11-15(16(29-31)12-4-5-12)27-18-26-10-14(17(22)28-18)21(23,24)25/h10-13H,4-9H2,1-3H3,(H,26,27,28). The second-order valence-electron chi connectivity index (χ2n) is 9.40. The first kappa shape index (κ1) is 23.6. The summed E-state index contributed by atoms with van der Waals surface area (Å²) in [6, 6.07) is 0.0915. The predicted octanol–water partition coefficient (Wildman–Crippen LogP) is 5.54. The molecule has 12 heteroatoms. The van der Waals surface area contributed by atoms with E-state index in [0.717, 1.165) is 18.5 Å². The van der Waals surface area contributed by atoms with E-state index in [9.17, 15) is 18.0 Å². The molecular weight excluding hydrogens is 461 g/mol. The van der Waals surface area contributed by atoms with Crippen molar-refractivity contribution in [3.8, 4) is 0 Å². The zero-order chi connectivity index (χ0) is 24.0. The molecule has 1 saturated heterocycles. The van der Waals surface area contributed by atoms with E-state index in [4.69, 9.17) is 21.4 Å². The summed E-state index contributed by atoms with van der Waals surface area (Å²) in [5.74, 6) is 0.273. The van der Waals surface area contributed by atoms with Crippen LogP contribution in [0.5, 0.6) is 0 Å². The van der Waals surface area contributed by atoms with Gasteiger partial charge in [-0.25, -0.2) is 14.8 Å². The number of rotatable bonds is 4. The zero-order valence-electron chi connectivity index (χ0n) is 18.6. The lowest BCUT2D eigenvalue weighted by molar-refractivity contribution is -0.137. The summed E-state index contributed by atoms with van der Waals surface area (Å²) in [7, 11) is 0. The van der Waals surface area contributed by atoms with Crippen molar-refractivity contribution in [3.63, 3.8) is 0 Å². The minimum atomic E-state index is -4.62. The molecule has 2 fully saturated rings. The van der Waals surface area contributed by atoms with Crippen molar-refractivity contribution in [1.82, 2.24) is 24.6 Å². The summed E-state index contributed by atoms with van der Waals surface area (Å²) < 4.78 is 46.1. The van der Waals surface area contributed by atoms with Gasteiger partial charge in [0.2, 0.25) is 5.95 Å². The molecule has 2 aliphatic rings. The molecule has 4 rings (SSSR count). The largest absolute Gasteiger partial charge is 0.444 e. The van der Waals surface area contributed by atoms with Gasteiger partial charge in [-0.1, -0.05) is 11.6 Å². The van der Waals surface area contributed by atoms with Crippen LogP contribution in [-0.4, -0.2) is 49.4 Å². The Kier molecular flexibility index (Phi) is 6.19. The molecule has 0 spiro atoms. The third-order valence-electron chi connectivity index (χ3n) is 5.51. The number of carbonyl (C=O) groups excluding carboxylic acids is 1. The van der Waals surface area contributed by atoms with Crippen molar-refractivity contribution in [2.75, 3.05) is 18.4 Å². The van der Waals surface area contributed by atoms with Crippen molar-refractivity contribution >= 4 is 29.3 Å². The molecule has 0 unspecified atom stereocenters. The van der Waals surface area contributed by atoms with Crippen molar-refractivity contribution in [2.45, 2.75) is 70.2 Å². The fourth-order valence-corrected chi connectivity index (χ4v) is 3.95. The number of ether oxygens (including phenoxy) is 1. The number of piperidine rings is 1. The van der Waals surface area contributed by atoms with E-state index in [-0.39, 0.29) is 18.1 Å². The number of amides is 1. The highest BCUT2D eigenvalue weighted by Crippen LogP contribution is 2.44. The number of nitrogens with zero attached hydrogens (tertiary/aromatic N) is 5. The summed E-state index contributed by atoms with van der Waals surface area (Å²) in [5, 5.41) is 7.08. The Bertz CT molecular complexity index is 1020. The van der Waals surface area contributed by atoms with Gasteiger partial charge in [-0.05, 0) is 46.5 Å². The molecule has 1 saturated carbocycles. The first-order valence-electron chi connectivity index (χ1n) is 10.8. The van der Waals surface area contributed by atoms with E-state index in [1.165, 1.54) is 0 Å². The van der Waals surface area contributed by atoms with Crippen LogP contribution in [-0.2, 0) is 10.9 Å². The number of alkyl halides is 3. The van der Waals surface area contributed by atoms with Gasteiger partial charge in [-0.2, -0.15) is 18.3 Å². The van der Waals surface area contributed by atoms with Gasteiger partial charge in [-0.3, -0.25) is 4.68 Å². The smallest absolute Gasteiger partial charge is 0.420 e. The number of nitrogens with one attached hydrogen (secondary N) is 1. The number of halogens is 4. The highest BCUT2D eigenvalue weighted by atomic mass is 35.5. The summed E-state index contributed by atoms with van der Waals surface area (Å²) in [6.45, 7) is 6.62. The zero-order valence-corrected chi connectivity index (χ0v) is 19.4. The quantitative estimate of drug-likeness (QED) is 0.571. The van der Waals surface area contributed by atoms with E-state index in [0.29, 0.717) is 43.7 Å². The Labute approximate surface area is 194 Å². The Morgan fingerprint density at radius 3 is 2.39 bits per heavy atom. The van der Waals surface area contributed by atoms with Gasteiger partial charge in [0, 0.05) is 31.4 Å². The van der Waals surface area contributed by atoms with E-state index in [1.807, 2.05) is 31.6 Å². The first-order valence-corrected chi connectivity index (χ1v) is 11.2. The minimum Gasteiger partial charge on any atom is -0.444 e. The Morgan fingerprint density at radius 1 is 1.18 bits per heavy atom. The molecular formula is C21H26ClF3N6O2. The SMILES string of the molecule is CC(C)(C)OC(=O)N1CCC(n2cc(Nc3ncc(C(F)(F)F)c(Cl)n3)c(C3CC3)n2)CC1. The van der Waals surface area contributed by atoms with E-state index < -0.39 is 22.5 Å². The fraction of sp³-hybridized carbons (Fsp3) is 0.619. The van der Waals surface area contributed by atoms with Crippen LogP contribution in [0.25, 0.3) is 0 Å². The molecule has 1 amide bonds. The predicted molar refractivity (Wildman–Crippen MR) is 116 cm³/mol. The molecule has 2 aromatic heterocycles.